The molecule has 2 heterocycles. The summed E-state index contributed by atoms with van der Waals surface area (Å²) in [6, 6.07) is 9.00. The number of aryl methyl sites for hydroxylation is 2. The zero-order valence-electron chi connectivity index (χ0n) is 15.0. The SMILES string of the molecule is Cc1ccc(C(=O)N/C(=C\c2ccco2)C(=O)N2CCSCC2)cc1C. The predicted molar refractivity (Wildman–Crippen MR) is 104 cm³/mol. The van der Waals surface area contributed by atoms with E-state index in [1.54, 1.807) is 29.2 Å². The highest BCUT2D eigenvalue weighted by Gasteiger charge is 2.23. The first kappa shape index (κ1) is 18.3. The molecule has 2 aromatic rings. The van der Waals surface area contributed by atoms with Gasteiger partial charge in [-0.2, -0.15) is 11.8 Å². The molecule has 1 aliphatic heterocycles. The normalized spacial score (nSPS) is 15.0. The molecule has 1 aromatic carbocycles. The van der Waals surface area contributed by atoms with Gasteiger partial charge in [0.25, 0.3) is 11.8 Å². The first-order chi connectivity index (χ1) is 12.5. The summed E-state index contributed by atoms with van der Waals surface area (Å²) < 4.78 is 5.32. The van der Waals surface area contributed by atoms with Gasteiger partial charge in [-0.15, -0.1) is 0 Å². The molecule has 1 aliphatic rings. The topological polar surface area (TPSA) is 62.6 Å². The third kappa shape index (κ3) is 4.38. The number of hydrogen-bond donors (Lipinski definition) is 1. The molecule has 2 amide bonds. The maximum Gasteiger partial charge on any atom is 0.270 e. The molecule has 1 N–H and O–H groups in total. The van der Waals surface area contributed by atoms with Gasteiger partial charge in [0.2, 0.25) is 0 Å². The van der Waals surface area contributed by atoms with Crippen LogP contribution in [0.15, 0.2) is 46.7 Å². The number of thioether (sulfide) groups is 1. The van der Waals surface area contributed by atoms with E-state index in [2.05, 4.69) is 5.32 Å². The molecule has 0 saturated carbocycles. The maximum atomic E-state index is 12.9. The second-order valence-corrected chi connectivity index (χ2v) is 7.46. The first-order valence-electron chi connectivity index (χ1n) is 8.55. The van der Waals surface area contributed by atoms with E-state index in [0.717, 1.165) is 22.6 Å². The van der Waals surface area contributed by atoms with E-state index in [4.69, 9.17) is 4.42 Å². The number of nitrogens with zero attached hydrogens (tertiary/aromatic N) is 1. The van der Waals surface area contributed by atoms with E-state index in [-0.39, 0.29) is 17.5 Å². The largest absolute Gasteiger partial charge is 0.465 e. The van der Waals surface area contributed by atoms with Crippen molar-refractivity contribution in [2.75, 3.05) is 24.6 Å². The van der Waals surface area contributed by atoms with Crippen LogP contribution in [-0.4, -0.2) is 41.3 Å². The van der Waals surface area contributed by atoms with Crippen molar-refractivity contribution in [1.82, 2.24) is 10.2 Å². The Labute approximate surface area is 157 Å². The summed E-state index contributed by atoms with van der Waals surface area (Å²) >= 11 is 1.83. The smallest absolute Gasteiger partial charge is 0.270 e. The summed E-state index contributed by atoms with van der Waals surface area (Å²) in [6.45, 7) is 5.32. The van der Waals surface area contributed by atoms with Gasteiger partial charge in [0.05, 0.1) is 6.26 Å². The molecule has 3 rings (SSSR count). The number of hydrogen-bond acceptors (Lipinski definition) is 4. The monoisotopic (exact) mass is 370 g/mol. The highest BCUT2D eigenvalue weighted by atomic mass is 32.2. The Morgan fingerprint density at radius 2 is 1.92 bits per heavy atom. The van der Waals surface area contributed by atoms with Crippen molar-refractivity contribution in [3.63, 3.8) is 0 Å². The summed E-state index contributed by atoms with van der Waals surface area (Å²) in [5, 5.41) is 2.78. The van der Waals surface area contributed by atoms with Gasteiger partial charge in [-0.25, -0.2) is 0 Å². The Kier molecular flexibility index (Phi) is 5.83. The third-order valence-electron chi connectivity index (χ3n) is 4.38. The van der Waals surface area contributed by atoms with Gasteiger partial charge in [-0.05, 0) is 49.2 Å². The quantitative estimate of drug-likeness (QED) is 0.840. The highest BCUT2D eigenvalue weighted by molar-refractivity contribution is 7.99. The zero-order chi connectivity index (χ0) is 18.5. The molecular weight excluding hydrogens is 348 g/mol. The number of carbonyl (C=O) groups is 2. The highest BCUT2D eigenvalue weighted by Crippen LogP contribution is 2.15. The van der Waals surface area contributed by atoms with Crippen LogP contribution in [0.4, 0.5) is 0 Å². The van der Waals surface area contributed by atoms with Crippen molar-refractivity contribution in [2.24, 2.45) is 0 Å². The van der Waals surface area contributed by atoms with Gasteiger partial charge in [0, 0.05) is 36.2 Å². The number of benzene rings is 1. The molecule has 0 atom stereocenters. The fraction of sp³-hybridized carbons (Fsp3) is 0.300. The van der Waals surface area contributed by atoms with Crippen molar-refractivity contribution < 1.29 is 14.0 Å². The standard InChI is InChI=1S/C20H22N2O3S/c1-14-5-6-16(12-15(14)2)19(23)21-18(13-17-4-3-9-25-17)20(24)22-7-10-26-11-8-22/h3-6,9,12-13H,7-8,10-11H2,1-2H3,(H,21,23)/b18-13-. The second kappa shape index (κ2) is 8.27. The zero-order valence-corrected chi connectivity index (χ0v) is 15.8. The third-order valence-corrected chi connectivity index (χ3v) is 5.32. The number of carbonyl (C=O) groups excluding carboxylic acids is 2. The lowest BCUT2D eigenvalue weighted by molar-refractivity contribution is -0.127. The Morgan fingerprint density at radius 3 is 2.58 bits per heavy atom. The minimum Gasteiger partial charge on any atom is -0.465 e. The first-order valence-corrected chi connectivity index (χ1v) is 9.71. The average molecular weight is 370 g/mol. The molecule has 1 fully saturated rings. The van der Waals surface area contributed by atoms with E-state index >= 15 is 0 Å². The molecule has 5 nitrogen and oxygen atoms in total. The van der Waals surface area contributed by atoms with Gasteiger partial charge in [-0.3, -0.25) is 9.59 Å². The fourth-order valence-electron chi connectivity index (χ4n) is 2.68. The van der Waals surface area contributed by atoms with Gasteiger partial charge in [-0.1, -0.05) is 6.07 Å². The number of nitrogens with one attached hydrogen (secondary N) is 1. The molecule has 136 valence electrons. The van der Waals surface area contributed by atoms with Gasteiger partial charge < -0.3 is 14.6 Å². The van der Waals surface area contributed by atoms with Crippen molar-refractivity contribution in [1.29, 1.82) is 0 Å². The maximum absolute atomic E-state index is 12.9. The van der Waals surface area contributed by atoms with Gasteiger partial charge in [0.1, 0.15) is 11.5 Å². The summed E-state index contributed by atoms with van der Waals surface area (Å²) in [4.78, 5) is 27.4. The fourth-order valence-corrected chi connectivity index (χ4v) is 3.58. The lowest BCUT2D eigenvalue weighted by Gasteiger charge is -2.27. The second-order valence-electron chi connectivity index (χ2n) is 6.23. The lowest BCUT2D eigenvalue weighted by Crippen LogP contribution is -2.42. The summed E-state index contributed by atoms with van der Waals surface area (Å²) in [7, 11) is 0. The number of furan rings is 1. The van der Waals surface area contributed by atoms with E-state index in [0.29, 0.717) is 24.4 Å². The number of amides is 2. The van der Waals surface area contributed by atoms with Gasteiger partial charge >= 0.3 is 0 Å². The lowest BCUT2D eigenvalue weighted by atomic mass is 10.1. The summed E-state index contributed by atoms with van der Waals surface area (Å²) in [5.41, 5.74) is 2.92. The molecule has 1 aromatic heterocycles. The average Bonchev–Trinajstić information content (AvgIpc) is 3.16. The minimum absolute atomic E-state index is 0.182. The molecule has 26 heavy (non-hydrogen) atoms. The van der Waals surface area contributed by atoms with Crippen molar-refractivity contribution in [3.8, 4) is 0 Å². The molecule has 6 heteroatoms. The van der Waals surface area contributed by atoms with E-state index in [9.17, 15) is 9.59 Å². The van der Waals surface area contributed by atoms with Crippen LogP contribution in [0.3, 0.4) is 0 Å². The summed E-state index contributed by atoms with van der Waals surface area (Å²) in [5.74, 6) is 1.86. The van der Waals surface area contributed by atoms with Crippen LogP contribution in [0, 0.1) is 13.8 Å². The van der Waals surface area contributed by atoms with Crippen molar-refractivity contribution >= 4 is 29.7 Å². The Hall–Kier alpha value is -2.47. The summed E-state index contributed by atoms with van der Waals surface area (Å²) in [6.07, 6.45) is 3.12. The molecule has 0 aliphatic carbocycles. The molecule has 0 spiro atoms. The van der Waals surface area contributed by atoms with Crippen molar-refractivity contribution in [3.05, 3.63) is 64.7 Å². The molecule has 1 saturated heterocycles. The van der Waals surface area contributed by atoms with Crippen LogP contribution in [0.1, 0.15) is 27.2 Å². The Balaban J connectivity index is 1.84. The van der Waals surface area contributed by atoms with Crippen LogP contribution in [0.25, 0.3) is 6.08 Å². The Morgan fingerprint density at radius 1 is 1.15 bits per heavy atom. The van der Waals surface area contributed by atoms with Crippen LogP contribution in [0.5, 0.6) is 0 Å². The molecule has 0 radical (unpaired) electrons. The van der Waals surface area contributed by atoms with E-state index in [1.807, 2.05) is 37.7 Å². The molecule has 0 bridgehead atoms. The van der Waals surface area contributed by atoms with E-state index < -0.39 is 0 Å². The Bertz CT molecular complexity index is 822. The minimum atomic E-state index is -0.300. The van der Waals surface area contributed by atoms with E-state index in [1.165, 1.54) is 6.26 Å². The van der Waals surface area contributed by atoms with Crippen LogP contribution < -0.4 is 5.32 Å². The molecule has 0 unspecified atom stereocenters. The van der Waals surface area contributed by atoms with Crippen LogP contribution in [0.2, 0.25) is 0 Å². The van der Waals surface area contributed by atoms with Crippen molar-refractivity contribution in [2.45, 2.75) is 13.8 Å². The number of rotatable bonds is 4. The predicted octanol–water partition coefficient (Wildman–Crippen LogP) is 3.24. The molecular formula is C20H22N2O3S. The van der Waals surface area contributed by atoms with Gasteiger partial charge in [0.15, 0.2) is 0 Å². The van der Waals surface area contributed by atoms with Crippen LogP contribution >= 0.6 is 11.8 Å². The van der Waals surface area contributed by atoms with Crippen LogP contribution in [-0.2, 0) is 4.79 Å².